The number of Topliss-reactive ketones (excluding diaryl/α,β-unsaturated/α-hetero) is 1. The molecule has 0 unspecified atom stereocenters. The average Bonchev–Trinajstić information content (AvgIpc) is 2.05. The largest absolute Gasteiger partial charge is 0.330 e. The zero-order valence-electron chi connectivity index (χ0n) is 6.46. The third-order valence-corrected chi connectivity index (χ3v) is 1.58. The number of aromatic nitrogens is 1. The Morgan fingerprint density at radius 3 is 2.92 bits per heavy atom. The number of carbonyl (C=O) groups is 1. The molecule has 1 heterocycles. The first-order chi connectivity index (χ1) is 5.74. The van der Waals surface area contributed by atoms with Crippen molar-refractivity contribution in [2.24, 2.45) is 5.73 Å². The summed E-state index contributed by atoms with van der Waals surface area (Å²) in [6, 6.07) is 4.95. The van der Waals surface area contributed by atoms with Crippen molar-refractivity contribution in [2.75, 3.05) is 6.54 Å². The van der Waals surface area contributed by atoms with Crippen molar-refractivity contribution in [1.82, 2.24) is 4.98 Å². The van der Waals surface area contributed by atoms with Gasteiger partial charge in [-0.1, -0.05) is 17.7 Å². The third kappa shape index (κ3) is 2.29. The first kappa shape index (κ1) is 9.16. The minimum Gasteiger partial charge on any atom is -0.330 e. The first-order valence-corrected chi connectivity index (χ1v) is 3.97. The molecule has 0 amide bonds. The van der Waals surface area contributed by atoms with Crippen LogP contribution in [0, 0.1) is 0 Å². The second kappa shape index (κ2) is 4.18. The fourth-order valence-electron chi connectivity index (χ4n) is 0.823. The van der Waals surface area contributed by atoms with Crippen LogP contribution in [0.25, 0.3) is 0 Å². The molecule has 0 fully saturated rings. The van der Waals surface area contributed by atoms with Crippen molar-refractivity contribution in [3.8, 4) is 0 Å². The normalized spacial score (nSPS) is 9.83. The van der Waals surface area contributed by atoms with E-state index < -0.39 is 0 Å². The minimum atomic E-state index is -0.0694. The molecule has 1 aromatic heterocycles. The van der Waals surface area contributed by atoms with Gasteiger partial charge in [-0.05, 0) is 18.7 Å². The Morgan fingerprint density at radius 1 is 1.58 bits per heavy atom. The van der Waals surface area contributed by atoms with E-state index in [9.17, 15) is 4.79 Å². The maximum Gasteiger partial charge on any atom is 0.182 e. The Balaban J connectivity index is 2.81. The van der Waals surface area contributed by atoms with Gasteiger partial charge in [0.15, 0.2) is 5.78 Å². The summed E-state index contributed by atoms with van der Waals surface area (Å²) in [6.45, 7) is 0.340. The van der Waals surface area contributed by atoms with Crippen LogP contribution < -0.4 is 5.73 Å². The molecule has 0 saturated heterocycles. The van der Waals surface area contributed by atoms with E-state index in [1.165, 1.54) is 0 Å². The number of pyridine rings is 1. The highest BCUT2D eigenvalue weighted by Gasteiger charge is 2.05. The van der Waals surface area contributed by atoms with Crippen LogP contribution in [0.15, 0.2) is 18.2 Å². The minimum absolute atomic E-state index is 0.0694. The zero-order valence-corrected chi connectivity index (χ0v) is 7.21. The SMILES string of the molecule is NCCC(=O)c1cccc(Cl)n1. The quantitative estimate of drug-likeness (QED) is 0.569. The van der Waals surface area contributed by atoms with Gasteiger partial charge in [-0.3, -0.25) is 4.79 Å². The van der Waals surface area contributed by atoms with Gasteiger partial charge in [0.25, 0.3) is 0 Å². The monoisotopic (exact) mass is 184 g/mol. The second-order valence-electron chi connectivity index (χ2n) is 2.31. The molecule has 0 aliphatic heterocycles. The van der Waals surface area contributed by atoms with Crippen LogP contribution in [-0.2, 0) is 0 Å². The Morgan fingerprint density at radius 2 is 2.33 bits per heavy atom. The molecule has 3 nitrogen and oxygen atoms in total. The van der Waals surface area contributed by atoms with Crippen LogP contribution in [0.3, 0.4) is 0 Å². The lowest BCUT2D eigenvalue weighted by Crippen LogP contribution is -2.09. The molecule has 0 saturated carbocycles. The summed E-state index contributed by atoms with van der Waals surface area (Å²) in [6.07, 6.45) is 0.313. The summed E-state index contributed by atoms with van der Waals surface area (Å²) >= 11 is 5.59. The van der Waals surface area contributed by atoms with Gasteiger partial charge in [0.05, 0.1) is 0 Å². The Labute approximate surface area is 75.6 Å². The molecule has 0 aliphatic rings. The van der Waals surface area contributed by atoms with Gasteiger partial charge in [-0.2, -0.15) is 0 Å². The van der Waals surface area contributed by atoms with Gasteiger partial charge in [-0.25, -0.2) is 4.98 Å². The van der Waals surface area contributed by atoms with Gasteiger partial charge in [0, 0.05) is 6.42 Å². The van der Waals surface area contributed by atoms with E-state index in [-0.39, 0.29) is 5.78 Å². The molecule has 12 heavy (non-hydrogen) atoms. The van der Waals surface area contributed by atoms with Crippen molar-refractivity contribution in [3.63, 3.8) is 0 Å². The summed E-state index contributed by atoms with van der Waals surface area (Å²) in [5, 5.41) is 0.331. The Bertz CT molecular complexity index is 288. The van der Waals surface area contributed by atoms with Gasteiger partial charge in [0.1, 0.15) is 10.8 Å². The van der Waals surface area contributed by atoms with E-state index in [1.54, 1.807) is 18.2 Å². The number of ketones is 1. The molecule has 4 heteroatoms. The second-order valence-corrected chi connectivity index (χ2v) is 2.69. The number of nitrogens with zero attached hydrogens (tertiary/aromatic N) is 1. The van der Waals surface area contributed by atoms with Gasteiger partial charge in [-0.15, -0.1) is 0 Å². The summed E-state index contributed by atoms with van der Waals surface area (Å²) in [5.41, 5.74) is 5.61. The lowest BCUT2D eigenvalue weighted by atomic mass is 10.2. The summed E-state index contributed by atoms with van der Waals surface area (Å²) in [5.74, 6) is -0.0694. The maximum absolute atomic E-state index is 11.2. The number of halogens is 1. The predicted molar refractivity (Wildman–Crippen MR) is 47.2 cm³/mol. The smallest absolute Gasteiger partial charge is 0.182 e. The standard InChI is InChI=1S/C8H9ClN2O/c9-8-3-1-2-6(11-8)7(12)4-5-10/h1-3H,4-5,10H2. The van der Waals surface area contributed by atoms with Crippen molar-refractivity contribution in [2.45, 2.75) is 6.42 Å². The molecule has 0 aliphatic carbocycles. The number of nitrogens with two attached hydrogens (primary N) is 1. The fourth-order valence-corrected chi connectivity index (χ4v) is 0.987. The molecule has 2 N–H and O–H groups in total. The van der Waals surface area contributed by atoms with Crippen LogP contribution in [0.4, 0.5) is 0 Å². The molecule has 1 rings (SSSR count). The average molecular weight is 185 g/mol. The summed E-state index contributed by atoms with van der Waals surface area (Å²) < 4.78 is 0. The molecule has 0 atom stereocenters. The number of hydrogen-bond donors (Lipinski definition) is 1. The maximum atomic E-state index is 11.2. The highest BCUT2D eigenvalue weighted by Crippen LogP contribution is 2.06. The molecule has 0 spiro atoms. The van der Waals surface area contributed by atoms with E-state index in [2.05, 4.69) is 4.98 Å². The van der Waals surface area contributed by atoms with Crippen LogP contribution >= 0.6 is 11.6 Å². The van der Waals surface area contributed by atoms with Crippen molar-refractivity contribution < 1.29 is 4.79 Å². The summed E-state index contributed by atoms with van der Waals surface area (Å²) in [7, 11) is 0. The van der Waals surface area contributed by atoms with Gasteiger partial charge >= 0.3 is 0 Å². The van der Waals surface area contributed by atoms with Crippen LogP contribution in [0.2, 0.25) is 5.15 Å². The first-order valence-electron chi connectivity index (χ1n) is 3.60. The lowest BCUT2D eigenvalue weighted by Gasteiger charge is -1.97. The fraction of sp³-hybridized carbons (Fsp3) is 0.250. The predicted octanol–water partition coefficient (Wildman–Crippen LogP) is 1.27. The number of hydrogen-bond acceptors (Lipinski definition) is 3. The van der Waals surface area contributed by atoms with Crippen molar-refractivity contribution >= 4 is 17.4 Å². The van der Waals surface area contributed by atoms with Crippen molar-refractivity contribution in [3.05, 3.63) is 29.0 Å². The van der Waals surface area contributed by atoms with E-state index in [4.69, 9.17) is 17.3 Å². The molecule has 0 radical (unpaired) electrons. The van der Waals surface area contributed by atoms with Crippen LogP contribution in [-0.4, -0.2) is 17.3 Å². The molecular formula is C8H9ClN2O. The highest BCUT2D eigenvalue weighted by molar-refractivity contribution is 6.29. The zero-order chi connectivity index (χ0) is 8.97. The van der Waals surface area contributed by atoms with Crippen molar-refractivity contribution in [1.29, 1.82) is 0 Å². The van der Waals surface area contributed by atoms with Gasteiger partial charge in [0.2, 0.25) is 0 Å². The topological polar surface area (TPSA) is 56.0 Å². The Kier molecular flexibility index (Phi) is 3.19. The van der Waals surface area contributed by atoms with Gasteiger partial charge < -0.3 is 5.73 Å². The molecule has 0 aromatic carbocycles. The van der Waals surface area contributed by atoms with Crippen LogP contribution in [0.5, 0.6) is 0 Å². The third-order valence-electron chi connectivity index (χ3n) is 1.37. The van der Waals surface area contributed by atoms with E-state index in [0.717, 1.165) is 0 Å². The molecule has 64 valence electrons. The number of rotatable bonds is 3. The Hall–Kier alpha value is -0.930. The molecular weight excluding hydrogens is 176 g/mol. The van der Waals surface area contributed by atoms with E-state index in [0.29, 0.717) is 23.8 Å². The molecule has 1 aromatic rings. The highest BCUT2D eigenvalue weighted by atomic mass is 35.5. The number of carbonyl (C=O) groups excluding carboxylic acids is 1. The van der Waals surface area contributed by atoms with E-state index >= 15 is 0 Å². The molecule has 0 bridgehead atoms. The van der Waals surface area contributed by atoms with E-state index in [1.807, 2.05) is 0 Å². The summed E-state index contributed by atoms with van der Waals surface area (Å²) in [4.78, 5) is 15.0. The van der Waals surface area contributed by atoms with Crippen LogP contribution in [0.1, 0.15) is 16.9 Å². The lowest BCUT2D eigenvalue weighted by molar-refractivity contribution is 0.0980.